The first-order valence-electron chi connectivity index (χ1n) is 9.42. The van der Waals surface area contributed by atoms with Crippen LogP contribution in [0.5, 0.6) is 0 Å². The fourth-order valence-corrected chi connectivity index (χ4v) is 4.61. The normalized spacial score (nSPS) is 25.9. The maximum Gasteiger partial charge on any atom is 0.340 e. The molecule has 0 N–H and O–H groups in total. The predicted molar refractivity (Wildman–Crippen MR) is 95.5 cm³/mol. The first-order chi connectivity index (χ1) is 12.9. The van der Waals surface area contributed by atoms with Gasteiger partial charge in [-0.25, -0.2) is 18.0 Å². The highest BCUT2D eigenvalue weighted by Gasteiger charge is 2.37. The molecular formula is C20H23F3N2O2. The minimum absolute atomic E-state index is 0.147. The summed E-state index contributed by atoms with van der Waals surface area (Å²) in [6, 6.07) is 4.65. The lowest BCUT2D eigenvalue weighted by Crippen LogP contribution is -2.52. The molecule has 4 rings (SSSR count). The van der Waals surface area contributed by atoms with E-state index in [4.69, 9.17) is 4.74 Å². The molecule has 2 aromatic rings. The van der Waals surface area contributed by atoms with E-state index in [1.54, 1.807) is 0 Å². The van der Waals surface area contributed by atoms with Crippen LogP contribution in [0, 0.1) is 5.82 Å². The van der Waals surface area contributed by atoms with Crippen molar-refractivity contribution in [2.24, 2.45) is 0 Å². The lowest BCUT2D eigenvalue weighted by Gasteiger charge is -2.46. The van der Waals surface area contributed by atoms with Gasteiger partial charge in [0.1, 0.15) is 11.9 Å². The fourth-order valence-electron chi connectivity index (χ4n) is 4.61. The molecule has 2 bridgehead atoms. The number of piperidine rings is 2. The van der Waals surface area contributed by atoms with Crippen LogP contribution in [0.25, 0.3) is 10.9 Å². The summed E-state index contributed by atoms with van der Waals surface area (Å²) in [6.07, 6.45) is 3.55. The quantitative estimate of drug-likeness (QED) is 0.745. The van der Waals surface area contributed by atoms with Crippen molar-refractivity contribution in [1.29, 1.82) is 0 Å². The molecule has 0 radical (unpaired) electrons. The number of aromatic nitrogens is 1. The van der Waals surface area contributed by atoms with Gasteiger partial charge in [-0.3, -0.25) is 0 Å². The number of fused-ring (bicyclic) bond motifs is 3. The average Bonchev–Trinajstić information content (AvgIpc) is 2.93. The van der Waals surface area contributed by atoms with Crippen LogP contribution < -0.4 is 0 Å². The van der Waals surface area contributed by atoms with Crippen LogP contribution in [0.4, 0.5) is 13.2 Å². The Morgan fingerprint density at radius 1 is 1.26 bits per heavy atom. The van der Waals surface area contributed by atoms with Crippen LogP contribution in [0.2, 0.25) is 0 Å². The molecule has 0 amide bonds. The number of nitrogens with zero attached hydrogens (tertiary/aromatic N) is 2. The molecule has 1 aromatic carbocycles. The van der Waals surface area contributed by atoms with Gasteiger partial charge in [-0.2, -0.15) is 0 Å². The second-order valence-corrected chi connectivity index (χ2v) is 7.65. The number of rotatable bonds is 4. The van der Waals surface area contributed by atoms with E-state index in [0.717, 1.165) is 25.7 Å². The van der Waals surface area contributed by atoms with Crippen LogP contribution >= 0.6 is 0 Å². The predicted octanol–water partition coefficient (Wildman–Crippen LogP) is 4.22. The lowest BCUT2D eigenvalue weighted by atomic mass is 9.83. The van der Waals surface area contributed by atoms with Crippen LogP contribution in [0.3, 0.4) is 0 Å². The molecule has 4 nitrogen and oxygen atoms in total. The molecule has 1 aromatic heterocycles. The van der Waals surface area contributed by atoms with E-state index in [1.807, 2.05) is 0 Å². The minimum atomic E-state index is -2.57. The molecule has 3 heterocycles. The molecule has 27 heavy (non-hydrogen) atoms. The topological polar surface area (TPSA) is 34.5 Å². The first kappa shape index (κ1) is 18.3. The second kappa shape index (κ2) is 7.19. The van der Waals surface area contributed by atoms with Gasteiger partial charge in [0, 0.05) is 42.0 Å². The number of ether oxygens (including phenoxy) is 1. The standard InChI is InChI=1S/C20H23F3N2O2/c1-24-13-3-2-4-14(24)9-15(8-13)27-20(26)17-10-25(11-19(22)23)18-6-5-12(21)7-16(17)18/h5-7,10,13-15,19H,2-4,8-9,11H2,1H3/t13-,14+,15?. The van der Waals surface area contributed by atoms with Crippen LogP contribution in [0.15, 0.2) is 24.4 Å². The Balaban J connectivity index is 1.58. The van der Waals surface area contributed by atoms with Crippen LogP contribution in [0.1, 0.15) is 42.5 Å². The molecule has 146 valence electrons. The van der Waals surface area contributed by atoms with Crippen molar-refractivity contribution in [2.45, 2.75) is 63.3 Å². The SMILES string of the molecule is CN1[C@@H]2CCC[C@H]1CC(OC(=O)c1cn(CC(F)F)c3ccc(F)cc13)C2. The van der Waals surface area contributed by atoms with Crippen molar-refractivity contribution in [3.63, 3.8) is 0 Å². The summed E-state index contributed by atoms with van der Waals surface area (Å²) in [4.78, 5) is 15.2. The van der Waals surface area contributed by atoms with E-state index in [-0.39, 0.29) is 11.7 Å². The zero-order valence-electron chi connectivity index (χ0n) is 15.2. The summed E-state index contributed by atoms with van der Waals surface area (Å²) in [6.45, 7) is -0.548. The molecule has 2 aliphatic rings. The monoisotopic (exact) mass is 380 g/mol. The lowest BCUT2D eigenvalue weighted by molar-refractivity contribution is -0.0318. The second-order valence-electron chi connectivity index (χ2n) is 7.65. The van der Waals surface area contributed by atoms with Crippen molar-refractivity contribution in [2.75, 3.05) is 7.05 Å². The zero-order valence-corrected chi connectivity index (χ0v) is 15.2. The number of benzene rings is 1. The van der Waals surface area contributed by atoms with Gasteiger partial charge in [0.15, 0.2) is 0 Å². The van der Waals surface area contributed by atoms with Crippen molar-refractivity contribution in [1.82, 2.24) is 9.47 Å². The largest absolute Gasteiger partial charge is 0.459 e. The molecule has 7 heteroatoms. The van der Waals surface area contributed by atoms with Crippen molar-refractivity contribution >= 4 is 16.9 Å². The van der Waals surface area contributed by atoms with Gasteiger partial charge in [0.2, 0.25) is 0 Å². The summed E-state index contributed by atoms with van der Waals surface area (Å²) in [5, 5.41) is 0.314. The van der Waals surface area contributed by atoms with Crippen molar-refractivity contribution in [3.05, 3.63) is 35.8 Å². The summed E-state index contributed by atoms with van der Waals surface area (Å²) >= 11 is 0. The van der Waals surface area contributed by atoms with Crippen LogP contribution in [-0.2, 0) is 11.3 Å². The fraction of sp³-hybridized carbons (Fsp3) is 0.550. The van der Waals surface area contributed by atoms with Gasteiger partial charge >= 0.3 is 5.97 Å². The number of halogens is 3. The molecule has 2 saturated heterocycles. The molecule has 0 spiro atoms. The molecular weight excluding hydrogens is 357 g/mol. The third kappa shape index (κ3) is 3.57. The first-order valence-corrected chi connectivity index (χ1v) is 9.42. The Kier molecular flexibility index (Phi) is 4.88. The van der Waals surface area contributed by atoms with E-state index >= 15 is 0 Å². The van der Waals surface area contributed by atoms with Gasteiger partial charge in [0.05, 0.1) is 12.1 Å². The van der Waals surface area contributed by atoms with Gasteiger partial charge < -0.3 is 14.2 Å². The van der Waals surface area contributed by atoms with E-state index < -0.39 is 24.8 Å². The van der Waals surface area contributed by atoms with E-state index in [0.29, 0.717) is 23.0 Å². The summed E-state index contributed by atoms with van der Waals surface area (Å²) in [5.74, 6) is -1.08. The van der Waals surface area contributed by atoms with E-state index in [2.05, 4.69) is 11.9 Å². The molecule has 0 saturated carbocycles. The summed E-state index contributed by atoms with van der Waals surface area (Å²) in [7, 11) is 2.12. The summed E-state index contributed by atoms with van der Waals surface area (Å²) in [5.41, 5.74) is 0.554. The molecule has 2 fully saturated rings. The van der Waals surface area contributed by atoms with Crippen molar-refractivity contribution in [3.8, 4) is 0 Å². The Labute approximate surface area is 155 Å². The number of alkyl halides is 2. The molecule has 0 aliphatic carbocycles. The summed E-state index contributed by atoms with van der Waals surface area (Å²) < 4.78 is 46.5. The maximum absolute atomic E-state index is 13.7. The Hall–Kier alpha value is -2.02. The number of esters is 1. The van der Waals surface area contributed by atoms with Gasteiger partial charge in [-0.1, -0.05) is 6.42 Å². The van der Waals surface area contributed by atoms with Gasteiger partial charge in [-0.15, -0.1) is 0 Å². The Morgan fingerprint density at radius 2 is 1.96 bits per heavy atom. The number of carbonyl (C=O) groups excluding carboxylic acids is 1. The Bertz CT molecular complexity index is 837. The number of carbonyl (C=O) groups is 1. The zero-order chi connectivity index (χ0) is 19.1. The highest BCUT2D eigenvalue weighted by Crippen LogP contribution is 2.34. The third-order valence-electron chi connectivity index (χ3n) is 5.97. The number of hydrogen-bond acceptors (Lipinski definition) is 3. The average molecular weight is 380 g/mol. The van der Waals surface area contributed by atoms with Gasteiger partial charge in [-0.05, 0) is 38.1 Å². The smallest absolute Gasteiger partial charge is 0.340 e. The van der Waals surface area contributed by atoms with Crippen LogP contribution in [-0.4, -0.2) is 47.1 Å². The van der Waals surface area contributed by atoms with Gasteiger partial charge in [0.25, 0.3) is 6.43 Å². The molecule has 2 aliphatic heterocycles. The highest BCUT2D eigenvalue weighted by atomic mass is 19.3. The molecule has 3 atom stereocenters. The number of hydrogen-bond donors (Lipinski definition) is 0. The third-order valence-corrected chi connectivity index (χ3v) is 5.97. The van der Waals surface area contributed by atoms with Crippen molar-refractivity contribution < 1.29 is 22.7 Å². The van der Waals surface area contributed by atoms with E-state index in [1.165, 1.54) is 35.4 Å². The highest BCUT2D eigenvalue weighted by molar-refractivity contribution is 6.04. The minimum Gasteiger partial charge on any atom is -0.459 e. The molecule has 1 unspecified atom stereocenters. The Morgan fingerprint density at radius 3 is 2.63 bits per heavy atom. The van der Waals surface area contributed by atoms with E-state index in [9.17, 15) is 18.0 Å². The maximum atomic E-state index is 13.7.